The van der Waals surface area contributed by atoms with Crippen LogP contribution in [0.4, 0.5) is 4.39 Å². The van der Waals surface area contributed by atoms with Crippen LogP contribution < -0.4 is 0 Å². The molecule has 0 aliphatic rings. The summed E-state index contributed by atoms with van der Waals surface area (Å²) in [4.78, 5) is 0. The number of allylic oxidation sites excluding steroid dienone is 2. The Labute approximate surface area is 72.7 Å². The van der Waals surface area contributed by atoms with Gasteiger partial charge >= 0.3 is 0 Å². The lowest BCUT2D eigenvalue weighted by atomic mass is 10.0. The molecule has 0 aliphatic carbocycles. The van der Waals surface area contributed by atoms with Gasteiger partial charge in [0, 0.05) is 0 Å². The van der Waals surface area contributed by atoms with Crippen molar-refractivity contribution in [2.45, 2.75) is 20.8 Å². The average molecular weight is 164 g/mol. The first-order valence-corrected chi connectivity index (χ1v) is 4.04. The Morgan fingerprint density at radius 2 is 2.08 bits per heavy atom. The molecule has 0 aliphatic heterocycles. The van der Waals surface area contributed by atoms with Gasteiger partial charge in [0.15, 0.2) is 0 Å². The summed E-state index contributed by atoms with van der Waals surface area (Å²) in [6.45, 7) is 5.78. The first-order valence-electron chi connectivity index (χ1n) is 4.04. The molecule has 0 heterocycles. The topological polar surface area (TPSA) is 0 Å². The number of benzene rings is 1. The average Bonchev–Trinajstić information content (AvgIpc) is 2.08. The van der Waals surface area contributed by atoms with Gasteiger partial charge in [-0.25, -0.2) is 4.39 Å². The lowest BCUT2D eigenvalue weighted by molar-refractivity contribution is 0.618. The van der Waals surface area contributed by atoms with Gasteiger partial charge in [0.1, 0.15) is 5.82 Å². The summed E-state index contributed by atoms with van der Waals surface area (Å²) in [6, 6.07) is 5.18. The number of aryl methyl sites for hydroxylation is 1. The predicted molar refractivity (Wildman–Crippen MR) is 50.5 cm³/mol. The standard InChI is InChI=1S/C11H13F/c1-4-8(2)10-5-6-11(12)9(3)7-10/h4-7H,1-3H3/b8-4+. The molecule has 1 rings (SSSR count). The van der Waals surface area contributed by atoms with Crippen LogP contribution in [0.5, 0.6) is 0 Å². The highest BCUT2D eigenvalue weighted by molar-refractivity contribution is 5.63. The quantitative estimate of drug-likeness (QED) is 0.595. The lowest BCUT2D eigenvalue weighted by Gasteiger charge is -2.02. The van der Waals surface area contributed by atoms with Gasteiger partial charge in [-0.05, 0) is 49.6 Å². The predicted octanol–water partition coefficient (Wildman–Crippen LogP) is 3.56. The van der Waals surface area contributed by atoms with Crippen molar-refractivity contribution < 1.29 is 4.39 Å². The molecule has 0 N–H and O–H groups in total. The van der Waals surface area contributed by atoms with E-state index in [1.807, 2.05) is 26.0 Å². The molecular weight excluding hydrogens is 151 g/mol. The number of halogens is 1. The molecule has 0 amide bonds. The van der Waals surface area contributed by atoms with E-state index in [4.69, 9.17) is 0 Å². The van der Waals surface area contributed by atoms with Gasteiger partial charge in [0.05, 0.1) is 0 Å². The third kappa shape index (κ3) is 1.73. The summed E-state index contributed by atoms with van der Waals surface area (Å²) in [5.41, 5.74) is 2.98. The monoisotopic (exact) mass is 164 g/mol. The Bertz CT molecular complexity index is 311. The largest absolute Gasteiger partial charge is 0.207 e. The minimum absolute atomic E-state index is 0.136. The third-order valence-electron chi connectivity index (χ3n) is 2.05. The van der Waals surface area contributed by atoms with Gasteiger partial charge in [-0.2, -0.15) is 0 Å². The molecule has 1 heteroatoms. The molecule has 0 nitrogen and oxygen atoms in total. The fourth-order valence-electron chi connectivity index (χ4n) is 1.06. The van der Waals surface area contributed by atoms with Crippen molar-refractivity contribution >= 4 is 5.57 Å². The molecule has 64 valence electrons. The van der Waals surface area contributed by atoms with E-state index >= 15 is 0 Å². The van der Waals surface area contributed by atoms with E-state index in [9.17, 15) is 4.39 Å². The summed E-state index contributed by atoms with van der Waals surface area (Å²) < 4.78 is 12.8. The van der Waals surface area contributed by atoms with Crippen LogP contribution in [0.25, 0.3) is 5.57 Å². The second-order valence-electron chi connectivity index (χ2n) is 2.94. The van der Waals surface area contributed by atoms with Gasteiger partial charge < -0.3 is 0 Å². The zero-order chi connectivity index (χ0) is 9.14. The number of rotatable bonds is 1. The van der Waals surface area contributed by atoms with Crippen LogP contribution in [0.2, 0.25) is 0 Å². The van der Waals surface area contributed by atoms with E-state index in [0.29, 0.717) is 5.56 Å². The molecule has 0 radical (unpaired) electrons. The molecule has 0 saturated carbocycles. The fraction of sp³-hybridized carbons (Fsp3) is 0.273. The minimum Gasteiger partial charge on any atom is -0.207 e. The van der Waals surface area contributed by atoms with E-state index in [-0.39, 0.29) is 5.82 Å². The maximum atomic E-state index is 12.8. The summed E-state index contributed by atoms with van der Waals surface area (Å²) in [7, 11) is 0. The molecule has 0 spiro atoms. The molecule has 0 bridgehead atoms. The Morgan fingerprint density at radius 1 is 1.42 bits per heavy atom. The summed E-state index contributed by atoms with van der Waals surface area (Å²) in [5.74, 6) is -0.136. The van der Waals surface area contributed by atoms with Gasteiger partial charge in [0.25, 0.3) is 0 Å². The van der Waals surface area contributed by atoms with Crippen molar-refractivity contribution in [1.82, 2.24) is 0 Å². The van der Waals surface area contributed by atoms with Crippen LogP contribution in [-0.4, -0.2) is 0 Å². The molecule has 0 fully saturated rings. The van der Waals surface area contributed by atoms with Crippen molar-refractivity contribution in [3.8, 4) is 0 Å². The highest BCUT2D eigenvalue weighted by Gasteiger charge is 1.98. The van der Waals surface area contributed by atoms with E-state index in [1.54, 1.807) is 13.0 Å². The lowest BCUT2D eigenvalue weighted by Crippen LogP contribution is -1.85. The van der Waals surface area contributed by atoms with E-state index in [0.717, 1.165) is 5.56 Å². The summed E-state index contributed by atoms with van der Waals surface area (Å²) in [6.07, 6.45) is 2.02. The molecule has 1 aromatic carbocycles. The third-order valence-corrected chi connectivity index (χ3v) is 2.05. The van der Waals surface area contributed by atoms with Crippen molar-refractivity contribution in [2.75, 3.05) is 0 Å². The first-order chi connectivity index (χ1) is 5.65. The van der Waals surface area contributed by atoms with Crippen molar-refractivity contribution in [1.29, 1.82) is 0 Å². The van der Waals surface area contributed by atoms with Crippen LogP contribution in [0.3, 0.4) is 0 Å². The zero-order valence-corrected chi connectivity index (χ0v) is 7.69. The Kier molecular flexibility index (Phi) is 2.64. The minimum atomic E-state index is -0.136. The second kappa shape index (κ2) is 3.53. The molecular formula is C11H13F. The smallest absolute Gasteiger partial charge is 0.126 e. The first kappa shape index (κ1) is 8.98. The fourth-order valence-corrected chi connectivity index (χ4v) is 1.06. The summed E-state index contributed by atoms with van der Waals surface area (Å²) >= 11 is 0. The van der Waals surface area contributed by atoms with E-state index in [2.05, 4.69) is 0 Å². The van der Waals surface area contributed by atoms with Gasteiger partial charge in [0.2, 0.25) is 0 Å². The number of hydrogen-bond donors (Lipinski definition) is 0. The van der Waals surface area contributed by atoms with Crippen molar-refractivity contribution in [3.63, 3.8) is 0 Å². The van der Waals surface area contributed by atoms with Crippen LogP contribution in [0.1, 0.15) is 25.0 Å². The van der Waals surface area contributed by atoms with Crippen LogP contribution in [-0.2, 0) is 0 Å². The second-order valence-corrected chi connectivity index (χ2v) is 2.94. The van der Waals surface area contributed by atoms with Crippen molar-refractivity contribution in [2.24, 2.45) is 0 Å². The highest BCUT2D eigenvalue weighted by atomic mass is 19.1. The Morgan fingerprint density at radius 3 is 2.58 bits per heavy atom. The van der Waals surface area contributed by atoms with Gasteiger partial charge in [-0.3, -0.25) is 0 Å². The molecule has 12 heavy (non-hydrogen) atoms. The van der Waals surface area contributed by atoms with Gasteiger partial charge in [-0.15, -0.1) is 0 Å². The summed E-state index contributed by atoms with van der Waals surface area (Å²) in [5, 5.41) is 0. The zero-order valence-electron chi connectivity index (χ0n) is 7.69. The Balaban J connectivity index is 3.13. The molecule has 0 saturated heterocycles. The van der Waals surface area contributed by atoms with Crippen LogP contribution in [0, 0.1) is 12.7 Å². The number of hydrogen-bond acceptors (Lipinski definition) is 0. The molecule has 0 unspecified atom stereocenters. The van der Waals surface area contributed by atoms with Crippen molar-refractivity contribution in [3.05, 3.63) is 41.2 Å². The Hall–Kier alpha value is -1.11. The van der Waals surface area contributed by atoms with E-state index < -0.39 is 0 Å². The van der Waals surface area contributed by atoms with Gasteiger partial charge in [-0.1, -0.05) is 12.1 Å². The maximum absolute atomic E-state index is 12.8. The SMILES string of the molecule is C/C=C(\C)c1ccc(F)c(C)c1. The molecule has 0 aromatic heterocycles. The van der Waals surface area contributed by atoms with Crippen LogP contribution in [0.15, 0.2) is 24.3 Å². The molecule has 0 atom stereocenters. The highest BCUT2D eigenvalue weighted by Crippen LogP contribution is 2.16. The van der Waals surface area contributed by atoms with E-state index in [1.165, 1.54) is 11.6 Å². The van der Waals surface area contributed by atoms with Crippen LogP contribution >= 0.6 is 0 Å². The maximum Gasteiger partial charge on any atom is 0.126 e. The molecule has 1 aromatic rings. The normalized spacial score (nSPS) is 11.8.